The Morgan fingerprint density at radius 1 is 1.41 bits per heavy atom. The molecule has 0 aromatic heterocycles. The van der Waals surface area contributed by atoms with E-state index in [-0.39, 0.29) is 11.9 Å². The number of hydrogen-bond donors (Lipinski definition) is 0. The zero-order chi connectivity index (χ0) is 12.3. The Balaban J connectivity index is 2.18. The highest BCUT2D eigenvalue weighted by Crippen LogP contribution is 2.34. The molecule has 2 rings (SSSR count). The fourth-order valence-corrected chi connectivity index (χ4v) is 1.46. The number of carbonyl (C=O) groups is 2. The monoisotopic (exact) mass is 234 g/mol. The zero-order valence-electron chi connectivity index (χ0n) is 9.64. The van der Waals surface area contributed by atoms with Crippen molar-refractivity contribution in [3.63, 3.8) is 0 Å². The van der Waals surface area contributed by atoms with Crippen molar-refractivity contribution in [1.82, 2.24) is 0 Å². The average molecular weight is 234 g/mol. The van der Waals surface area contributed by atoms with E-state index in [1.54, 1.807) is 18.2 Å². The fraction of sp³-hybridized carbons (Fsp3) is 0.385. The van der Waals surface area contributed by atoms with Crippen LogP contribution in [0.3, 0.4) is 0 Å². The number of ether oxygens (including phenoxy) is 2. The summed E-state index contributed by atoms with van der Waals surface area (Å²) in [6, 6.07) is 4.77. The molecule has 90 valence electrons. The van der Waals surface area contributed by atoms with Gasteiger partial charge in [-0.05, 0) is 38.0 Å². The van der Waals surface area contributed by atoms with Gasteiger partial charge in [0.15, 0.2) is 11.5 Å². The quantitative estimate of drug-likeness (QED) is 0.445. The molecule has 4 nitrogen and oxygen atoms in total. The minimum absolute atomic E-state index is 0.0372. The second kappa shape index (κ2) is 4.99. The summed E-state index contributed by atoms with van der Waals surface area (Å²) in [6.07, 6.45) is 2.53. The first-order chi connectivity index (χ1) is 8.24. The van der Waals surface area contributed by atoms with Crippen LogP contribution in [0.2, 0.25) is 0 Å². The van der Waals surface area contributed by atoms with Crippen LogP contribution in [0.1, 0.15) is 30.1 Å². The molecule has 0 spiro atoms. The van der Waals surface area contributed by atoms with Gasteiger partial charge in [-0.25, -0.2) is 0 Å². The summed E-state index contributed by atoms with van der Waals surface area (Å²) in [6.45, 7) is 2.29. The smallest absolute Gasteiger partial charge is 0.314 e. The van der Waals surface area contributed by atoms with Crippen LogP contribution in [0.5, 0.6) is 11.5 Å². The van der Waals surface area contributed by atoms with Gasteiger partial charge in [-0.15, -0.1) is 0 Å². The van der Waals surface area contributed by atoms with E-state index in [2.05, 4.69) is 0 Å². The van der Waals surface area contributed by atoms with Gasteiger partial charge in [0.1, 0.15) is 6.29 Å². The van der Waals surface area contributed by atoms with Gasteiger partial charge in [-0.1, -0.05) is 0 Å². The molecule has 1 fully saturated rings. The van der Waals surface area contributed by atoms with E-state index in [0.29, 0.717) is 23.7 Å². The fourth-order valence-electron chi connectivity index (χ4n) is 1.46. The van der Waals surface area contributed by atoms with Gasteiger partial charge in [0.05, 0.1) is 12.5 Å². The molecule has 0 radical (unpaired) electrons. The van der Waals surface area contributed by atoms with Crippen molar-refractivity contribution in [1.29, 1.82) is 0 Å². The second-order valence-corrected chi connectivity index (χ2v) is 3.95. The van der Waals surface area contributed by atoms with Crippen LogP contribution in [0.25, 0.3) is 0 Å². The molecular weight excluding hydrogens is 220 g/mol. The van der Waals surface area contributed by atoms with Gasteiger partial charge in [-0.3, -0.25) is 9.59 Å². The lowest BCUT2D eigenvalue weighted by Gasteiger charge is -2.10. The zero-order valence-corrected chi connectivity index (χ0v) is 9.64. The Morgan fingerprint density at radius 2 is 2.18 bits per heavy atom. The predicted octanol–water partition coefficient (Wildman–Crippen LogP) is 2.21. The van der Waals surface area contributed by atoms with E-state index in [0.717, 1.165) is 19.1 Å². The van der Waals surface area contributed by atoms with Crippen LogP contribution in [0, 0.1) is 5.92 Å². The number of hydrogen-bond acceptors (Lipinski definition) is 4. The second-order valence-electron chi connectivity index (χ2n) is 3.95. The third-order valence-electron chi connectivity index (χ3n) is 2.52. The van der Waals surface area contributed by atoms with Crippen LogP contribution in [0.15, 0.2) is 18.2 Å². The van der Waals surface area contributed by atoms with Gasteiger partial charge in [0.25, 0.3) is 0 Å². The van der Waals surface area contributed by atoms with Gasteiger partial charge >= 0.3 is 5.97 Å². The molecule has 1 aromatic carbocycles. The van der Waals surface area contributed by atoms with E-state index in [4.69, 9.17) is 9.47 Å². The van der Waals surface area contributed by atoms with Crippen LogP contribution >= 0.6 is 0 Å². The summed E-state index contributed by atoms with van der Waals surface area (Å²) in [5.41, 5.74) is 0.500. The molecule has 0 heterocycles. The SMILES string of the molecule is CCOc1cc(C=O)ccc1OC(=O)C1CC1. The highest BCUT2D eigenvalue weighted by molar-refractivity contribution is 5.80. The lowest BCUT2D eigenvalue weighted by Crippen LogP contribution is -2.11. The first-order valence-corrected chi connectivity index (χ1v) is 5.68. The van der Waals surface area contributed by atoms with Crippen molar-refractivity contribution in [3.05, 3.63) is 23.8 Å². The molecule has 1 saturated carbocycles. The summed E-state index contributed by atoms with van der Waals surface area (Å²) >= 11 is 0. The van der Waals surface area contributed by atoms with Gasteiger partial charge in [-0.2, -0.15) is 0 Å². The highest BCUT2D eigenvalue weighted by atomic mass is 16.6. The molecule has 0 atom stereocenters. The molecular formula is C13H14O4. The minimum atomic E-state index is -0.218. The molecule has 17 heavy (non-hydrogen) atoms. The van der Waals surface area contributed by atoms with Crippen molar-refractivity contribution >= 4 is 12.3 Å². The van der Waals surface area contributed by atoms with Crippen molar-refractivity contribution in [2.24, 2.45) is 5.92 Å². The van der Waals surface area contributed by atoms with E-state index < -0.39 is 0 Å². The van der Waals surface area contributed by atoms with Crippen LogP contribution in [-0.4, -0.2) is 18.9 Å². The molecule has 0 amide bonds. The first kappa shape index (κ1) is 11.6. The molecule has 0 N–H and O–H groups in total. The predicted molar refractivity (Wildman–Crippen MR) is 61.4 cm³/mol. The molecule has 1 aliphatic rings. The molecule has 0 bridgehead atoms. The Kier molecular flexibility index (Phi) is 3.42. The number of benzene rings is 1. The number of aldehydes is 1. The Hall–Kier alpha value is -1.84. The van der Waals surface area contributed by atoms with Gasteiger partial charge in [0.2, 0.25) is 0 Å². The highest BCUT2D eigenvalue weighted by Gasteiger charge is 2.32. The van der Waals surface area contributed by atoms with Crippen molar-refractivity contribution in [2.75, 3.05) is 6.61 Å². The van der Waals surface area contributed by atoms with Crippen LogP contribution < -0.4 is 9.47 Å². The summed E-state index contributed by atoms with van der Waals surface area (Å²) in [7, 11) is 0. The number of rotatable bonds is 5. The molecule has 0 unspecified atom stereocenters. The van der Waals surface area contributed by atoms with E-state index in [1.807, 2.05) is 6.92 Å². The summed E-state index contributed by atoms with van der Waals surface area (Å²) in [5.74, 6) is 0.639. The molecule has 1 aromatic rings. The Morgan fingerprint density at radius 3 is 2.76 bits per heavy atom. The topological polar surface area (TPSA) is 52.6 Å². The molecule has 0 aliphatic heterocycles. The lowest BCUT2D eigenvalue weighted by atomic mass is 10.2. The van der Waals surface area contributed by atoms with Crippen LogP contribution in [0.4, 0.5) is 0 Å². The van der Waals surface area contributed by atoms with Gasteiger partial charge < -0.3 is 9.47 Å². The van der Waals surface area contributed by atoms with E-state index >= 15 is 0 Å². The minimum Gasteiger partial charge on any atom is -0.490 e. The largest absolute Gasteiger partial charge is 0.490 e. The van der Waals surface area contributed by atoms with Crippen molar-refractivity contribution < 1.29 is 19.1 Å². The van der Waals surface area contributed by atoms with E-state index in [1.165, 1.54) is 0 Å². The lowest BCUT2D eigenvalue weighted by molar-refractivity contribution is -0.135. The number of esters is 1. The van der Waals surface area contributed by atoms with Crippen molar-refractivity contribution in [2.45, 2.75) is 19.8 Å². The molecule has 0 saturated heterocycles. The van der Waals surface area contributed by atoms with Crippen molar-refractivity contribution in [3.8, 4) is 11.5 Å². The third kappa shape index (κ3) is 2.84. The molecule has 1 aliphatic carbocycles. The summed E-state index contributed by atoms with van der Waals surface area (Å²) in [4.78, 5) is 22.2. The average Bonchev–Trinajstić information content (AvgIpc) is 3.15. The normalized spacial score (nSPS) is 14.2. The maximum absolute atomic E-state index is 11.5. The van der Waals surface area contributed by atoms with E-state index in [9.17, 15) is 9.59 Å². The summed E-state index contributed by atoms with van der Waals surface area (Å²) < 4.78 is 10.6. The maximum Gasteiger partial charge on any atom is 0.314 e. The first-order valence-electron chi connectivity index (χ1n) is 5.68. The Labute approximate surface area is 99.5 Å². The van der Waals surface area contributed by atoms with Gasteiger partial charge in [0, 0.05) is 5.56 Å². The molecule has 4 heteroatoms. The standard InChI is InChI=1S/C13H14O4/c1-2-16-12-7-9(8-14)3-6-11(12)17-13(15)10-4-5-10/h3,6-8,10H,2,4-5H2,1H3. The maximum atomic E-state index is 11.5. The van der Waals surface area contributed by atoms with Crippen LogP contribution in [-0.2, 0) is 4.79 Å². The Bertz CT molecular complexity index is 435. The third-order valence-corrected chi connectivity index (χ3v) is 2.52. The summed E-state index contributed by atoms with van der Waals surface area (Å²) in [5, 5.41) is 0. The number of carbonyl (C=O) groups excluding carboxylic acids is 2.